The largest absolute Gasteiger partial charge is 0.384 e. The molecule has 3 N–H and O–H groups in total. The normalized spacial score (nSPS) is 17.1. The summed E-state index contributed by atoms with van der Waals surface area (Å²) < 4.78 is 0. The van der Waals surface area contributed by atoms with Crippen LogP contribution in [0, 0.1) is 11.8 Å². The van der Waals surface area contributed by atoms with Crippen LogP contribution >= 0.6 is 0 Å². The van der Waals surface area contributed by atoms with Gasteiger partial charge in [0.05, 0.1) is 0 Å². The molecule has 1 saturated carbocycles. The standard InChI is InChI=1S/C12H20N4/c1-3-11-15-10(13)6-12(16-11)14-7-8(2)9-4-5-9/h6,8-9H,3-5,7H2,1-2H3,(H3,13,14,15,16). The Morgan fingerprint density at radius 2 is 2.25 bits per heavy atom. The molecule has 0 amide bonds. The molecular formula is C12H20N4. The van der Waals surface area contributed by atoms with Crippen LogP contribution in [-0.4, -0.2) is 16.5 Å². The Hall–Kier alpha value is -1.32. The number of aromatic nitrogens is 2. The fourth-order valence-electron chi connectivity index (χ4n) is 1.86. The van der Waals surface area contributed by atoms with Crippen LogP contribution in [0.4, 0.5) is 11.6 Å². The second-order valence-electron chi connectivity index (χ2n) is 4.64. The second kappa shape index (κ2) is 4.68. The summed E-state index contributed by atoms with van der Waals surface area (Å²) in [5.74, 6) is 3.85. The van der Waals surface area contributed by atoms with E-state index in [1.165, 1.54) is 12.8 Å². The lowest BCUT2D eigenvalue weighted by Crippen LogP contribution is -2.14. The molecule has 1 unspecified atom stereocenters. The lowest BCUT2D eigenvalue weighted by Gasteiger charge is -2.12. The first-order valence-corrected chi connectivity index (χ1v) is 6.06. The molecule has 0 bridgehead atoms. The number of nitrogens with zero attached hydrogens (tertiary/aromatic N) is 2. The highest BCUT2D eigenvalue weighted by Crippen LogP contribution is 2.36. The summed E-state index contributed by atoms with van der Waals surface area (Å²) in [6.07, 6.45) is 3.59. The topological polar surface area (TPSA) is 63.8 Å². The van der Waals surface area contributed by atoms with Gasteiger partial charge in [-0.05, 0) is 24.7 Å². The van der Waals surface area contributed by atoms with Gasteiger partial charge < -0.3 is 11.1 Å². The highest BCUT2D eigenvalue weighted by Gasteiger charge is 2.27. The number of nitrogens with two attached hydrogens (primary N) is 1. The minimum absolute atomic E-state index is 0.549. The van der Waals surface area contributed by atoms with Gasteiger partial charge in [0, 0.05) is 19.0 Å². The van der Waals surface area contributed by atoms with Crippen LogP contribution in [0.5, 0.6) is 0 Å². The fraction of sp³-hybridized carbons (Fsp3) is 0.667. The van der Waals surface area contributed by atoms with Gasteiger partial charge in [0.2, 0.25) is 0 Å². The van der Waals surface area contributed by atoms with E-state index in [4.69, 9.17) is 5.73 Å². The summed E-state index contributed by atoms with van der Waals surface area (Å²) in [7, 11) is 0. The van der Waals surface area contributed by atoms with E-state index in [2.05, 4.69) is 22.2 Å². The molecule has 1 aliphatic rings. The Kier molecular flexibility index (Phi) is 3.27. The van der Waals surface area contributed by atoms with Gasteiger partial charge in [-0.2, -0.15) is 0 Å². The average Bonchev–Trinajstić information content (AvgIpc) is 3.08. The first-order chi connectivity index (χ1) is 7.69. The van der Waals surface area contributed by atoms with Crippen LogP contribution in [0.2, 0.25) is 0 Å². The van der Waals surface area contributed by atoms with Crippen molar-refractivity contribution in [2.75, 3.05) is 17.6 Å². The van der Waals surface area contributed by atoms with E-state index >= 15 is 0 Å². The number of hydrogen-bond donors (Lipinski definition) is 2. The van der Waals surface area contributed by atoms with Crippen molar-refractivity contribution in [1.29, 1.82) is 0 Å². The monoisotopic (exact) mass is 220 g/mol. The molecule has 16 heavy (non-hydrogen) atoms. The van der Waals surface area contributed by atoms with E-state index in [1.807, 2.05) is 6.92 Å². The second-order valence-corrected chi connectivity index (χ2v) is 4.64. The smallest absolute Gasteiger partial charge is 0.132 e. The van der Waals surface area contributed by atoms with Crippen LogP contribution in [-0.2, 0) is 6.42 Å². The van der Waals surface area contributed by atoms with Crippen molar-refractivity contribution >= 4 is 11.6 Å². The third-order valence-corrected chi connectivity index (χ3v) is 3.14. The summed E-state index contributed by atoms with van der Waals surface area (Å²) in [6.45, 7) is 5.30. The van der Waals surface area contributed by atoms with Crippen LogP contribution < -0.4 is 11.1 Å². The summed E-state index contributed by atoms with van der Waals surface area (Å²) in [4.78, 5) is 8.56. The molecule has 1 aliphatic carbocycles. The highest BCUT2D eigenvalue weighted by atomic mass is 15.0. The number of anilines is 2. The van der Waals surface area contributed by atoms with Crippen LogP contribution in [0.1, 0.15) is 32.5 Å². The van der Waals surface area contributed by atoms with E-state index in [0.717, 1.165) is 36.4 Å². The van der Waals surface area contributed by atoms with E-state index in [0.29, 0.717) is 5.82 Å². The Bertz CT molecular complexity index is 360. The molecule has 88 valence electrons. The third-order valence-electron chi connectivity index (χ3n) is 3.14. The van der Waals surface area contributed by atoms with Gasteiger partial charge >= 0.3 is 0 Å². The maximum absolute atomic E-state index is 5.72. The highest BCUT2D eigenvalue weighted by molar-refractivity contribution is 5.44. The molecular weight excluding hydrogens is 200 g/mol. The molecule has 1 aromatic rings. The molecule has 1 fully saturated rings. The molecule has 0 saturated heterocycles. The van der Waals surface area contributed by atoms with E-state index in [1.54, 1.807) is 6.07 Å². The van der Waals surface area contributed by atoms with Crippen molar-refractivity contribution in [3.05, 3.63) is 11.9 Å². The zero-order valence-electron chi connectivity index (χ0n) is 10.0. The number of rotatable bonds is 5. The number of nitrogen functional groups attached to an aromatic ring is 1. The maximum atomic E-state index is 5.72. The molecule has 2 rings (SSSR count). The van der Waals surface area contributed by atoms with Crippen LogP contribution in [0.3, 0.4) is 0 Å². The Labute approximate surface area is 96.7 Å². The number of hydrogen-bond acceptors (Lipinski definition) is 4. The van der Waals surface area contributed by atoms with Gasteiger partial charge in [0.25, 0.3) is 0 Å². The van der Waals surface area contributed by atoms with Crippen molar-refractivity contribution in [2.24, 2.45) is 11.8 Å². The average molecular weight is 220 g/mol. The first kappa shape index (κ1) is 11.2. The summed E-state index contributed by atoms with van der Waals surface area (Å²) in [5.41, 5.74) is 5.72. The van der Waals surface area contributed by atoms with Crippen LogP contribution in [0.25, 0.3) is 0 Å². The lowest BCUT2D eigenvalue weighted by molar-refractivity contribution is 0.536. The van der Waals surface area contributed by atoms with E-state index < -0.39 is 0 Å². The Balaban J connectivity index is 1.94. The van der Waals surface area contributed by atoms with Crippen molar-refractivity contribution in [3.8, 4) is 0 Å². The van der Waals surface area contributed by atoms with E-state index in [-0.39, 0.29) is 0 Å². The lowest BCUT2D eigenvalue weighted by atomic mass is 10.1. The molecule has 0 aromatic carbocycles. The minimum Gasteiger partial charge on any atom is -0.384 e. The van der Waals surface area contributed by atoms with Crippen LogP contribution in [0.15, 0.2) is 6.07 Å². The SMILES string of the molecule is CCc1nc(N)cc(NCC(C)C2CC2)n1. The molecule has 0 spiro atoms. The Morgan fingerprint density at radius 1 is 1.50 bits per heavy atom. The van der Waals surface area contributed by atoms with Gasteiger partial charge in [0.1, 0.15) is 17.5 Å². The van der Waals surface area contributed by atoms with E-state index in [9.17, 15) is 0 Å². The zero-order valence-corrected chi connectivity index (χ0v) is 10.0. The molecule has 4 nitrogen and oxygen atoms in total. The summed E-state index contributed by atoms with van der Waals surface area (Å²) in [5, 5.41) is 3.35. The number of nitrogens with one attached hydrogen (secondary N) is 1. The summed E-state index contributed by atoms with van der Waals surface area (Å²) >= 11 is 0. The van der Waals surface area contributed by atoms with Gasteiger partial charge in [0.15, 0.2) is 0 Å². The minimum atomic E-state index is 0.549. The predicted octanol–water partition coefficient (Wildman–Crippen LogP) is 2.08. The molecule has 0 radical (unpaired) electrons. The van der Waals surface area contributed by atoms with Gasteiger partial charge in [-0.15, -0.1) is 0 Å². The third kappa shape index (κ3) is 2.84. The fourth-order valence-corrected chi connectivity index (χ4v) is 1.86. The van der Waals surface area contributed by atoms with Crippen molar-refractivity contribution < 1.29 is 0 Å². The van der Waals surface area contributed by atoms with Crippen molar-refractivity contribution in [3.63, 3.8) is 0 Å². The summed E-state index contributed by atoms with van der Waals surface area (Å²) in [6, 6.07) is 1.80. The molecule has 1 atom stereocenters. The maximum Gasteiger partial charge on any atom is 0.132 e. The van der Waals surface area contributed by atoms with Gasteiger partial charge in [-0.3, -0.25) is 0 Å². The molecule has 1 aromatic heterocycles. The Morgan fingerprint density at radius 3 is 2.88 bits per heavy atom. The molecule has 4 heteroatoms. The number of aryl methyl sites for hydroxylation is 1. The quantitative estimate of drug-likeness (QED) is 0.797. The zero-order chi connectivity index (χ0) is 11.5. The molecule has 1 heterocycles. The van der Waals surface area contributed by atoms with Gasteiger partial charge in [-0.25, -0.2) is 9.97 Å². The predicted molar refractivity (Wildman–Crippen MR) is 66.2 cm³/mol. The molecule has 0 aliphatic heterocycles. The van der Waals surface area contributed by atoms with Crippen molar-refractivity contribution in [2.45, 2.75) is 33.1 Å². The van der Waals surface area contributed by atoms with Gasteiger partial charge in [-0.1, -0.05) is 13.8 Å². The van der Waals surface area contributed by atoms with Crippen molar-refractivity contribution in [1.82, 2.24) is 9.97 Å². The first-order valence-electron chi connectivity index (χ1n) is 6.06.